The SMILES string of the molecule is CN[C@H](CSCC1O[C@@H]2O[C@@H]3C(CO)O[C@H](O[C@]4(O)CO[C@H](O[C@@H]5C(CO)O[C@H](O[C@@H]6C(CSC[C@@H](CC(=O)CCOCCOCCC(C)=O)C(=O)O)O[C@H](O[C@@H]7C(CO)O[C@H](O[C@@H]8C(CO)O[C@@](O)(O[C@H]1[C@H](O)C2O)C(O)[C@H]8O)C(O)[C@H]7O)C(O)[C@H]6O)C(O)[C@H]5O)C(O)[C@H]4O)C(O)[C@H]3O)C(=O)O. The fraction of sp³-hybridized carbons (Fsp3) is 0.931. The van der Waals surface area contributed by atoms with Gasteiger partial charge in [-0.1, -0.05) is 0 Å². The number of nitrogens with one attached hydrogen (secondary N) is 1. The molecule has 596 valence electrons. The highest BCUT2D eigenvalue weighted by molar-refractivity contribution is 7.99. The maximum atomic E-state index is 13.0. The number of carboxylic acid groups (broad SMARTS) is 2. The fourth-order valence-corrected chi connectivity index (χ4v) is 14.8. The molecule has 0 amide bonds. The van der Waals surface area contributed by atoms with Crippen LogP contribution >= 0.6 is 23.5 Å². The van der Waals surface area contributed by atoms with E-state index in [1.807, 2.05) is 0 Å². The van der Waals surface area contributed by atoms with E-state index in [0.717, 1.165) is 23.5 Å². The number of aliphatic hydroxyl groups excluding tert-OH is 18. The number of ether oxygens (including phenoxy) is 16. The van der Waals surface area contributed by atoms with Gasteiger partial charge in [0.2, 0.25) is 5.79 Å². The van der Waals surface area contributed by atoms with E-state index in [1.54, 1.807) is 0 Å². The normalized spacial score (nSPS) is 45.6. The fourth-order valence-electron chi connectivity index (χ4n) is 12.4. The lowest BCUT2D eigenvalue weighted by atomic mass is 9.94. The Bertz CT molecular complexity index is 2670. The Hall–Kier alpha value is -2.50. The smallest absolute Gasteiger partial charge is 0.321 e. The van der Waals surface area contributed by atoms with Gasteiger partial charge in [0.25, 0.3) is 0 Å². The van der Waals surface area contributed by atoms with Crippen LogP contribution in [0.1, 0.15) is 26.2 Å². The van der Waals surface area contributed by atoms with Crippen molar-refractivity contribution < 1.29 is 207 Å². The minimum Gasteiger partial charge on any atom is -0.481 e. The highest BCUT2D eigenvalue weighted by atomic mass is 32.2. The number of likely N-dealkylation sites (N-methyl/N-ethyl adjacent to an activating group) is 1. The second kappa shape index (κ2) is 38.4. The van der Waals surface area contributed by atoms with Gasteiger partial charge in [-0.25, -0.2) is 0 Å². The molecule has 0 aromatic heterocycles. The van der Waals surface area contributed by atoms with E-state index >= 15 is 0 Å². The van der Waals surface area contributed by atoms with Gasteiger partial charge < -0.3 is 193 Å². The third-order valence-electron chi connectivity index (χ3n) is 18.4. The molecule has 13 unspecified atom stereocenters. The summed E-state index contributed by atoms with van der Waals surface area (Å²) in [4.78, 5) is 48.7. The van der Waals surface area contributed by atoms with Gasteiger partial charge in [0.1, 0.15) is 165 Å². The quantitative estimate of drug-likeness (QED) is 0.0358. The third-order valence-corrected chi connectivity index (χ3v) is 20.7. The highest BCUT2D eigenvalue weighted by Gasteiger charge is 2.63. The minimum absolute atomic E-state index is 0.0567. The lowest BCUT2D eigenvalue weighted by Gasteiger charge is -2.52. The van der Waals surface area contributed by atoms with Crippen LogP contribution in [0.15, 0.2) is 0 Å². The number of carboxylic acids is 2. The molecule has 21 aliphatic heterocycles. The first-order chi connectivity index (χ1) is 48.8. The van der Waals surface area contributed by atoms with E-state index in [9.17, 15) is 132 Å². The van der Waals surface area contributed by atoms with Crippen molar-refractivity contribution in [2.75, 3.05) is 89.5 Å². The molecule has 0 saturated carbocycles. The first-order valence-corrected chi connectivity index (χ1v) is 35.1. The van der Waals surface area contributed by atoms with Gasteiger partial charge in [0.15, 0.2) is 43.8 Å². The number of aliphatic carboxylic acids is 2. The van der Waals surface area contributed by atoms with Crippen molar-refractivity contribution in [1.29, 1.82) is 0 Å². The number of hydrogen-bond acceptors (Lipinski definition) is 43. The summed E-state index contributed by atoms with van der Waals surface area (Å²) in [6.45, 7) is -4.40. The van der Waals surface area contributed by atoms with E-state index in [1.165, 1.54) is 14.0 Å². The predicted molar refractivity (Wildman–Crippen MR) is 328 cm³/mol. The molecule has 43 nitrogen and oxygen atoms in total. The Balaban J connectivity index is 1.08. The summed E-state index contributed by atoms with van der Waals surface area (Å²) in [7, 11) is 1.31. The Kier molecular flexibility index (Phi) is 32.1. The van der Waals surface area contributed by atoms with Crippen LogP contribution in [0.5, 0.6) is 0 Å². The van der Waals surface area contributed by atoms with E-state index in [-0.39, 0.29) is 56.6 Å². The summed E-state index contributed by atoms with van der Waals surface area (Å²) in [5.41, 5.74) is 0. The Morgan fingerprint density at radius 1 is 0.437 bits per heavy atom. The number of thioether (sulfide) groups is 2. The second-order valence-electron chi connectivity index (χ2n) is 25.7. The summed E-state index contributed by atoms with van der Waals surface area (Å²) in [6, 6.07) is -1.24. The van der Waals surface area contributed by atoms with Gasteiger partial charge in [0.05, 0.1) is 71.0 Å². The van der Waals surface area contributed by atoms with Crippen LogP contribution in [-0.2, 0) is 95.0 Å². The summed E-state index contributed by atoms with van der Waals surface area (Å²) >= 11 is 1.55. The molecule has 14 bridgehead atoms. The second-order valence-corrected chi connectivity index (χ2v) is 27.8. The monoisotopic (exact) mass is 1540 g/mol. The molecule has 45 heteroatoms. The standard InChI is InChI=1S/C58H95NO42S2/c1-19(64)3-5-86-7-8-87-6-4-21(65)9-20(49(80)81)14-102-16-27-45-31(68)36(73)54(92-27)95-42-24(11-61)90-52(35(72)30(42)67)97-44-26(13-63)99-58(85,48(79)39(44)76)100-46-28(17-103-15-22(59-2)50(82)83)93-55(37(74)33(46)70)96-43-25(12-62)91-56(38(75)32(43)69)101-57(84)18-88-51(40(77)47(57)78)94-41-23(10-60)89-53(98-45)34(71)29(41)66/h20,22-48,51-56,59-63,66-79,84-85H,3-18H2,1-2H3,(H,80,81)(H,82,83)/t20-,22-,23?,24?,25?,26?,27?,28?,29-,30-,31-,32-,33-,34?,35?,36?,37?,38?,39+,40?,41-,42-,43-,44-,45-,46-,47-,48?,51-,52-,53-,54-,55-,56-,57-,58-/m1/s1. The van der Waals surface area contributed by atoms with Crippen LogP contribution in [0.4, 0.5) is 0 Å². The molecule has 0 radical (unpaired) electrons. The molecule has 0 aromatic carbocycles. The maximum Gasteiger partial charge on any atom is 0.321 e. The Morgan fingerprint density at radius 2 is 0.835 bits per heavy atom. The molecule has 103 heavy (non-hydrogen) atoms. The van der Waals surface area contributed by atoms with Crippen LogP contribution < -0.4 is 5.32 Å². The maximum absolute atomic E-state index is 13.0. The summed E-state index contributed by atoms with van der Waals surface area (Å²) < 4.78 is 91.5. The molecule has 23 N–H and O–H groups in total. The first kappa shape index (κ1) is 86.1. The molecule has 0 aromatic rings. The van der Waals surface area contributed by atoms with Gasteiger partial charge in [-0.15, -0.1) is 0 Å². The Morgan fingerprint density at radius 3 is 1.28 bits per heavy atom. The van der Waals surface area contributed by atoms with Crippen molar-refractivity contribution in [2.45, 2.75) is 240 Å². The summed E-state index contributed by atoms with van der Waals surface area (Å²) in [6.07, 6.45) is -71.1. The van der Waals surface area contributed by atoms with Gasteiger partial charge in [0, 0.05) is 42.3 Å². The van der Waals surface area contributed by atoms with Gasteiger partial charge in [-0.05, 0) is 14.0 Å². The van der Waals surface area contributed by atoms with Gasteiger partial charge in [-0.3, -0.25) is 19.2 Å². The number of ketones is 2. The average Bonchev–Trinajstić information content (AvgIpc) is 0.769. The number of carbonyl (C=O) groups excluding carboxylic acids is 2. The summed E-state index contributed by atoms with van der Waals surface area (Å²) in [5, 5.41) is 251. The molecular formula is C58H95NO42S2. The molecule has 21 fully saturated rings. The van der Waals surface area contributed by atoms with Crippen molar-refractivity contribution in [3.05, 3.63) is 0 Å². The van der Waals surface area contributed by atoms with Crippen molar-refractivity contribution >= 4 is 47.0 Å². The van der Waals surface area contributed by atoms with Crippen LogP contribution in [0.25, 0.3) is 0 Å². The lowest BCUT2D eigenvalue weighted by molar-refractivity contribution is -0.480. The topological polar surface area (TPSA) is 673 Å². The Labute approximate surface area is 593 Å². The number of rotatable bonds is 26. The number of carbonyl (C=O) groups is 4. The van der Waals surface area contributed by atoms with E-state index in [2.05, 4.69) is 5.32 Å². The molecule has 36 atom stereocenters. The van der Waals surface area contributed by atoms with Crippen molar-refractivity contribution in [2.24, 2.45) is 5.92 Å². The van der Waals surface area contributed by atoms with Gasteiger partial charge in [-0.2, -0.15) is 23.5 Å². The number of aliphatic hydroxyl groups is 20. The van der Waals surface area contributed by atoms with E-state index < -0.39 is 289 Å². The molecule has 0 aliphatic carbocycles. The number of hydrogen-bond donors (Lipinski definition) is 23. The number of Topliss-reactive ketones (excluding diaryl/α,β-unsaturated/α-hetero) is 2. The summed E-state index contributed by atoms with van der Waals surface area (Å²) in [5.74, 6) is -13.2. The first-order valence-electron chi connectivity index (χ1n) is 32.8. The zero-order valence-electron chi connectivity index (χ0n) is 55.3. The average molecular weight is 1540 g/mol. The van der Waals surface area contributed by atoms with Gasteiger partial charge >= 0.3 is 17.9 Å². The van der Waals surface area contributed by atoms with Crippen LogP contribution in [-0.4, -0.2) is 440 Å². The largest absolute Gasteiger partial charge is 0.481 e. The molecule has 21 aliphatic rings. The molecule has 21 heterocycles. The molecular weight excluding hydrogens is 1450 g/mol. The lowest BCUT2D eigenvalue weighted by Crippen LogP contribution is -2.71. The van der Waals surface area contributed by atoms with Crippen LogP contribution in [0.3, 0.4) is 0 Å². The molecule has 21 saturated heterocycles. The minimum atomic E-state index is -3.59. The van der Waals surface area contributed by atoms with E-state index in [4.69, 9.17) is 75.8 Å². The molecule has 21 rings (SSSR count). The van der Waals surface area contributed by atoms with Crippen molar-refractivity contribution in [3.8, 4) is 0 Å². The zero-order chi connectivity index (χ0) is 75.7. The van der Waals surface area contributed by atoms with Crippen molar-refractivity contribution in [3.63, 3.8) is 0 Å². The van der Waals surface area contributed by atoms with E-state index in [0.29, 0.717) is 0 Å². The van der Waals surface area contributed by atoms with Crippen LogP contribution in [0, 0.1) is 5.92 Å². The highest BCUT2D eigenvalue weighted by Crippen LogP contribution is 2.42. The predicted octanol–water partition coefficient (Wildman–Crippen LogP) is -13.7. The molecule has 0 spiro atoms. The van der Waals surface area contributed by atoms with Crippen LogP contribution in [0.2, 0.25) is 0 Å². The van der Waals surface area contributed by atoms with Crippen molar-refractivity contribution in [1.82, 2.24) is 5.32 Å². The zero-order valence-corrected chi connectivity index (χ0v) is 56.9. The third kappa shape index (κ3) is 20.4.